The van der Waals surface area contributed by atoms with Crippen LogP contribution in [-0.4, -0.2) is 51.8 Å². The molecule has 0 unspecified atom stereocenters. The van der Waals surface area contributed by atoms with Gasteiger partial charge in [-0.3, -0.25) is 14.7 Å². The standard InChI is InChI=1S/C26H26FN5O3/c27-20-13-30-21-1-2-22(33)32-15-26(34,23(20)24(21)32)14-31-6-3-19(4-7-31)29-12-16-9-17-5-8-35-25(17)18(10-16)11-28/h1-2,9-10,13,19,29,34H,3-8,12,14-15H2/t26-/m0/s1. The highest BCUT2D eigenvalue weighted by Crippen LogP contribution is 2.38. The number of likely N-dealkylation sites (tertiary alicyclic amines) is 1. The number of rotatable bonds is 5. The van der Waals surface area contributed by atoms with E-state index in [9.17, 15) is 19.6 Å². The molecule has 3 aliphatic heterocycles. The van der Waals surface area contributed by atoms with Gasteiger partial charge in [-0.1, -0.05) is 6.07 Å². The minimum atomic E-state index is -1.47. The lowest BCUT2D eigenvalue weighted by molar-refractivity contribution is -0.0159. The SMILES string of the molecule is N#Cc1cc(CNC2CCN(C[C@]3(O)Cn4c(=O)ccc5ncc(F)c3c54)CC2)cc2c1OCC2. The molecule has 1 saturated heterocycles. The molecule has 6 rings (SSSR count). The number of nitriles is 1. The summed E-state index contributed by atoms with van der Waals surface area (Å²) in [6.45, 7) is 3.09. The van der Waals surface area contributed by atoms with E-state index < -0.39 is 11.4 Å². The van der Waals surface area contributed by atoms with Crippen molar-refractivity contribution in [2.45, 2.75) is 44.0 Å². The summed E-state index contributed by atoms with van der Waals surface area (Å²) in [7, 11) is 0. The van der Waals surface area contributed by atoms with Gasteiger partial charge < -0.3 is 19.7 Å². The normalized spacial score (nSPS) is 21.7. The molecule has 0 radical (unpaired) electrons. The Bertz CT molecular complexity index is 1420. The number of halogens is 1. The summed E-state index contributed by atoms with van der Waals surface area (Å²) in [6, 6.07) is 9.54. The number of benzene rings is 1. The number of nitrogens with zero attached hydrogens (tertiary/aromatic N) is 4. The van der Waals surface area contributed by atoms with Crippen molar-refractivity contribution >= 4 is 11.0 Å². The van der Waals surface area contributed by atoms with Crippen LogP contribution in [0.1, 0.15) is 35.1 Å². The van der Waals surface area contributed by atoms with Crippen LogP contribution >= 0.6 is 0 Å². The first-order chi connectivity index (χ1) is 16.9. The molecule has 1 fully saturated rings. The Labute approximate surface area is 201 Å². The second-order valence-electron chi connectivity index (χ2n) is 9.78. The fourth-order valence-electron chi connectivity index (χ4n) is 5.79. The summed E-state index contributed by atoms with van der Waals surface area (Å²) >= 11 is 0. The smallest absolute Gasteiger partial charge is 0.251 e. The van der Waals surface area contributed by atoms with Crippen LogP contribution in [0.3, 0.4) is 0 Å². The zero-order valence-electron chi connectivity index (χ0n) is 19.3. The first-order valence-electron chi connectivity index (χ1n) is 12.0. The molecule has 0 saturated carbocycles. The van der Waals surface area contributed by atoms with E-state index in [1.165, 1.54) is 10.6 Å². The monoisotopic (exact) mass is 475 g/mol. The maximum Gasteiger partial charge on any atom is 0.251 e. The fraction of sp³-hybridized carbons (Fsp3) is 0.423. The Balaban J connectivity index is 1.10. The first kappa shape index (κ1) is 22.2. The van der Waals surface area contributed by atoms with Crippen LogP contribution in [0, 0.1) is 17.1 Å². The van der Waals surface area contributed by atoms with Gasteiger partial charge >= 0.3 is 0 Å². The molecule has 8 nitrogen and oxygen atoms in total. The van der Waals surface area contributed by atoms with Gasteiger partial charge in [0.25, 0.3) is 5.56 Å². The van der Waals surface area contributed by atoms with Gasteiger partial charge in [-0.05, 0) is 49.2 Å². The van der Waals surface area contributed by atoms with Crippen LogP contribution in [0.15, 0.2) is 35.3 Å². The summed E-state index contributed by atoms with van der Waals surface area (Å²) in [6.07, 6.45) is 3.73. The average Bonchev–Trinajstić information content (AvgIpc) is 3.45. The van der Waals surface area contributed by atoms with Crippen LogP contribution in [0.5, 0.6) is 5.75 Å². The maximum absolute atomic E-state index is 14.8. The summed E-state index contributed by atoms with van der Waals surface area (Å²) in [5.74, 6) is 0.145. The minimum Gasteiger partial charge on any atom is -0.492 e. The Hall–Kier alpha value is -3.32. The molecule has 5 heterocycles. The Morgan fingerprint density at radius 1 is 1.31 bits per heavy atom. The van der Waals surface area contributed by atoms with E-state index >= 15 is 0 Å². The number of hydrogen-bond donors (Lipinski definition) is 2. The number of ether oxygens (including phenoxy) is 1. The number of nitrogens with one attached hydrogen (secondary N) is 1. The van der Waals surface area contributed by atoms with Crippen molar-refractivity contribution in [3.8, 4) is 11.8 Å². The van der Waals surface area contributed by atoms with Crippen LogP contribution in [-0.2, 0) is 25.1 Å². The zero-order chi connectivity index (χ0) is 24.2. The third kappa shape index (κ3) is 3.78. The number of hydrogen-bond acceptors (Lipinski definition) is 7. The highest BCUT2D eigenvalue weighted by Gasteiger charge is 2.43. The predicted molar refractivity (Wildman–Crippen MR) is 127 cm³/mol. The lowest BCUT2D eigenvalue weighted by atomic mass is 9.93. The lowest BCUT2D eigenvalue weighted by Gasteiger charge is -2.37. The van der Waals surface area contributed by atoms with Crippen molar-refractivity contribution in [1.82, 2.24) is 19.8 Å². The summed E-state index contributed by atoms with van der Waals surface area (Å²) in [5, 5.41) is 24.5. The van der Waals surface area contributed by atoms with Gasteiger partial charge in [-0.2, -0.15) is 5.26 Å². The quantitative estimate of drug-likeness (QED) is 0.580. The second kappa shape index (κ2) is 8.41. The zero-order valence-corrected chi connectivity index (χ0v) is 19.3. The van der Waals surface area contributed by atoms with E-state index in [0.717, 1.165) is 55.4 Å². The fourth-order valence-corrected chi connectivity index (χ4v) is 5.79. The van der Waals surface area contributed by atoms with Gasteiger partial charge in [0.15, 0.2) is 0 Å². The van der Waals surface area contributed by atoms with Crippen molar-refractivity contribution in [3.05, 3.63) is 68.9 Å². The first-order valence-corrected chi connectivity index (χ1v) is 12.0. The summed E-state index contributed by atoms with van der Waals surface area (Å²) in [4.78, 5) is 18.6. The maximum atomic E-state index is 14.8. The molecule has 3 aromatic rings. The molecule has 0 spiro atoms. The second-order valence-corrected chi connectivity index (χ2v) is 9.78. The molecule has 0 amide bonds. The predicted octanol–water partition coefficient (Wildman–Crippen LogP) is 1.80. The van der Waals surface area contributed by atoms with E-state index in [1.54, 1.807) is 6.07 Å². The largest absolute Gasteiger partial charge is 0.492 e. The molecule has 1 aromatic carbocycles. The van der Waals surface area contributed by atoms with Crippen LogP contribution in [0.4, 0.5) is 4.39 Å². The molecule has 1 atom stereocenters. The highest BCUT2D eigenvalue weighted by atomic mass is 19.1. The van der Waals surface area contributed by atoms with E-state index in [1.807, 2.05) is 6.07 Å². The van der Waals surface area contributed by atoms with Crippen molar-refractivity contribution in [1.29, 1.82) is 5.26 Å². The highest BCUT2D eigenvalue weighted by molar-refractivity contribution is 5.81. The molecule has 2 N–H and O–H groups in total. The Morgan fingerprint density at radius 3 is 2.94 bits per heavy atom. The van der Waals surface area contributed by atoms with Crippen molar-refractivity contribution in [3.63, 3.8) is 0 Å². The molecule has 0 aliphatic carbocycles. The van der Waals surface area contributed by atoms with Crippen molar-refractivity contribution in [2.24, 2.45) is 0 Å². The number of aromatic nitrogens is 2. The number of fused-ring (bicyclic) bond motifs is 1. The summed E-state index contributed by atoms with van der Waals surface area (Å²) < 4.78 is 21.8. The van der Waals surface area contributed by atoms with Gasteiger partial charge in [-0.15, -0.1) is 0 Å². The van der Waals surface area contributed by atoms with Gasteiger partial charge in [-0.25, -0.2) is 4.39 Å². The van der Waals surface area contributed by atoms with Gasteiger partial charge in [0.2, 0.25) is 0 Å². The molecular weight excluding hydrogens is 449 g/mol. The number of pyridine rings is 2. The lowest BCUT2D eigenvalue weighted by Crippen LogP contribution is -2.48. The van der Waals surface area contributed by atoms with Gasteiger partial charge in [0, 0.05) is 31.6 Å². The van der Waals surface area contributed by atoms with Gasteiger partial charge in [0.05, 0.1) is 41.5 Å². The third-order valence-electron chi connectivity index (χ3n) is 7.47. The topological polar surface area (TPSA) is 103 Å². The molecular formula is C26H26FN5O3. The average molecular weight is 476 g/mol. The van der Waals surface area contributed by atoms with E-state index in [4.69, 9.17) is 4.74 Å². The van der Waals surface area contributed by atoms with Gasteiger partial charge in [0.1, 0.15) is 23.2 Å². The van der Waals surface area contributed by atoms with Crippen LogP contribution in [0.25, 0.3) is 11.0 Å². The van der Waals surface area contributed by atoms with Crippen LogP contribution < -0.4 is 15.6 Å². The molecule has 2 aromatic heterocycles. The van der Waals surface area contributed by atoms with Crippen molar-refractivity contribution in [2.75, 3.05) is 26.2 Å². The molecule has 180 valence electrons. The Kier molecular flexibility index (Phi) is 5.33. The minimum absolute atomic E-state index is 0.0303. The van der Waals surface area contributed by atoms with E-state index in [2.05, 4.69) is 27.3 Å². The number of aliphatic hydroxyl groups is 1. The van der Waals surface area contributed by atoms with E-state index in [-0.39, 0.29) is 24.2 Å². The molecule has 9 heteroatoms. The number of piperidine rings is 1. The molecule has 3 aliphatic rings. The summed E-state index contributed by atoms with van der Waals surface area (Å²) in [5.41, 5.74) is 2.11. The number of β-amino-alcohol motifs (C(OH)–C–C–N with tert-alkyl or cyclic N) is 1. The Morgan fingerprint density at radius 2 is 2.14 bits per heavy atom. The van der Waals surface area contributed by atoms with Crippen molar-refractivity contribution < 1.29 is 14.2 Å². The van der Waals surface area contributed by atoms with Crippen LogP contribution in [0.2, 0.25) is 0 Å². The third-order valence-corrected chi connectivity index (χ3v) is 7.47. The van der Waals surface area contributed by atoms with E-state index in [0.29, 0.717) is 35.8 Å². The molecule has 0 bridgehead atoms. The molecule has 35 heavy (non-hydrogen) atoms.